The van der Waals surface area contributed by atoms with Crippen molar-refractivity contribution >= 4 is 38.4 Å². The molecular weight excluding hydrogens is 477 g/mol. The van der Waals surface area contributed by atoms with Gasteiger partial charge in [0.2, 0.25) is 0 Å². The van der Waals surface area contributed by atoms with Crippen LogP contribution in [0.5, 0.6) is 0 Å². The van der Waals surface area contributed by atoms with Crippen LogP contribution in [-0.4, -0.2) is 30.8 Å². The molecule has 2 amide bonds. The number of imide groups is 1. The third-order valence-corrected chi connectivity index (χ3v) is 6.95. The summed E-state index contributed by atoms with van der Waals surface area (Å²) in [6.07, 6.45) is 5.81. The lowest BCUT2D eigenvalue weighted by Gasteiger charge is -2.28. The van der Waals surface area contributed by atoms with Gasteiger partial charge < -0.3 is 5.43 Å². The molecular formula is C21H19F3N4O5S. The number of hydroxylamine groups is 2. The zero-order valence-corrected chi connectivity index (χ0v) is 18.4. The van der Waals surface area contributed by atoms with Crippen LogP contribution in [0.15, 0.2) is 41.7 Å². The van der Waals surface area contributed by atoms with E-state index in [0.29, 0.717) is 11.1 Å². The number of anilines is 1. The van der Waals surface area contributed by atoms with E-state index in [-0.39, 0.29) is 21.6 Å². The highest BCUT2D eigenvalue weighted by atomic mass is 32.2. The van der Waals surface area contributed by atoms with E-state index in [1.807, 2.05) is 0 Å². The number of amides is 2. The highest BCUT2D eigenvalue weighted by Crippen LogP contribution is 2.38. The Morgan fingerprint density at radius 1 is 0.941 bits per heavy atom. The molecule has 2 aromatic rings. The molecule has 0 unspecified atom stereocenters. The molecule has 34 heavy (non-hydrogen) atoms. The summed E-state index contributed by atoms with van der Waals surface area (Å²) in [6.45, 7) is 0. The maximum absolute atomic E-state index is 13.1. The average Bonchev–Trinajstić information content (AvgIpc) is 3.15. The van der Waals surface area contributed by atoms with Gasteiger partial charge in [-0.15, -0.1) is 14.9 Å². The van der Waals surface area contributed by atoms with Crippen molar-refractivity contribution in [3.8, 4) is 0 Å². The molecule has 0 fully saturated rings. The summed E-state index contributed by atoms with van der Waals surface area (Å²) in [5.74, 6) is -2.60. The molecule has 0 atom stereocenters. The van der Waals surface area contributed by atoms with Crippen molar-refractivity contribution in [1.29, 1.82) is 0 Å². The lowest BCUT2D eigenvalue weighted by Crippen LogP contribution is -2.44. The first-order valence-electron chi connectivity index (χ1n) is 10.6. The first kappa shape index (κ1) is 22.6. The Bertz CT molecular complexity index is 1360. The van der Waals surface area contributed by atoms with E-state index in [0.717, 1.165) is 49.9 Å². The highest BCUT2D eigenvalue weighted by Gasteiger charge is 2.51. The smallest absolute Gasteiger partial charge is 0.306 e. The molecule has 0 aromatic heterocycles. The second-order valence-electron chi connectivity index (χ2n) is 8.19. The standard InChI is InChI=1S/C21H19F3N4O5S/c22-21(23,24)34(31,32)33-28-19(29)14-7-5-6-12-10-13(11-15(18(12)14)20(28)30)27-17-9-4-2-1-3-8-16(17)25-26-27/h5-7,10-11,25-26H,1-4,8-9H2. The number of alkyl halides is 3. The normalized spacial score (nSPS) is 19.3. The average molecular weight is 496 g/mol. The molecule has 0 saturated heterocycles. The Labute approximate surface area is 192 Å². The number of carbonyl (C=O) groups excluding carboxylic acids is 2. The molecule has 180 valence electrons. The Morgan fingerprint density at radius 3 is 2.38 bits per heavy atom. The maximum atomic E-state index is 13.1. The molecule has 1 aliphatic carbocycles. The molecule has 13 heteroatoms. The van der Waals surface area contributed by atoms with E-state index in [1.165, 1.54) is 18.2 Å². The minimum Gasteiger partial charge on any atom is -0.306 e. The topological polar surface area (TPSA) is 108 Å². The van der Waals surface area contributed by atoms with Crippen LogP contribution < -0.4 is 16.0 Å². The number of carbonyl (C=O) groups is 2. The molecule has 2 aliphatic heterocycles. The van der Waals surface area contributed by atoms with Crippen molar-refractivity contribution < 1.29 is 35.5 Å². The van der Waals surface area contributed by atoms with Gasteiger partial charge in [0.15, 0.2) is 0 Å². The lowest BCUT2D eigenvalue weighted by molar-refractivity contribution is -0.0761. The van der Waals surface area contributed by atoms with Gasteiger partial charge in [-0.2, -0.15) is 21.6 Å². The van der Waals surface area contributed by atoms with E-state index in [4.69, 9.17) is 0 Å². The number of hydrogen-bond donors (Lipinski definition) is 2. The Balaban J connectivity index is 1.60. The number of rotatable bonds is 3. The van der Waals surface area contributed by atoms with Crippen molar-refractivity contribution in [2.24, 2.45) is 0 Å². The first-order valence-corrected chi connectivity index (χ1v) is 12.0. The summed E-state index contributed by atoms with van der Waals surface area (Å²) >= 11 is 0. The molecule has 0 saturated carbocycles. The number of allylic oxidation sites excluding steroid dienone is 2. The number of nitrogens with one attached hydrogen (secondary N) is 2. The molecule has 2 N–H and O–H groups in total. The first-order chi connectivity index (χ1) is 16.1. The molecule has 2 aromatic carbocycles. The van der Waals surface area contributed by atoms with Gasteiger partial charge in [-0.1, -0.05) is 25.0 Å². The highest BCUT2D eigenvalue weighted by molar-refractivity contribution is 7.87. The predicted octanol–water partition coefficient (Wildman–Crippen LogP) is 3.61. The van der Waals surface area contributed by atoms with Gasteiger partial charge in [-0.3, -0.25) is 14.6 Å². The molecule has 9 nitrogen and oxygen atoms in total. The second-order valence-corrected chi connectivity index (χ2v) is 9.71. The molecule has 2 heterocycles. The van der Waals surface area contributed by atoms with Crippen molar-refractivity contribution in [3.05, 3.63) is 52.9 Å². The molecule has 0 spiro atoms. The zero-order chi connectivity index (χ0) is 24.3. The molecule has 5 rings (SSSR count). The minimum atomic E-state index is -6.24. The van der Waals surface area contributed by atoms with Crippen molar-refractivity contribution in [2.75, 3.05) is 5.01 Å². The number of hydrazine groups is 2. The van der Waals surface area contributed by atoms with Crippen molar-refractivity contribution in [1.82, 2.24) is 16.0 Å². The van der Waals surface area contributed by atoms with Gasteiger partial charge in [0, 0.05) is 11.1 Å². The van der Waals surface area contributed by atoms with Crippen molar-refractivity contribution in [3.63, 3.8) is 0 Å². The second kappa shape index (κ2) is 7.96. The number of nitrogens with zero attached hydrogens (tertiary/aromatic N) is 2. The fraction of sp³-hybridized carbons (Fsp3) is 0.333. The van der Waals surface area contributed by atoms with Gasteiger partial charge in [0.1, 0.15) is 0 Å². The van der Waals surface area contributed by atoms with Gasteiger partial charge >= 0.3 is 15.6 Å². The fourth-order valence-electron chi connectivity index (χ4n) is 4.44. The van der Waals surface area contributed by atoms with Gasteiger partial charge in [-0.05, 0) is 49.3 Å². The summed E-state index contributed by atoms with van der Waals surface area (Å²) < 4.78 is 65.6. The minimum absolute atomic E-state index is 0.144. The third kappa shape index (κ3) is 3.60. The molecule has 0 radical (unpaired) electrons. The summed E-state index contributed by atoms with van der Waals surface area (Å²) in [5.41, 5.74) is 2.58. The summed E-state index contributed by atoms with van der Waals surface area (Å²) in [6, 6.07) is 7.59. The number of benzene rings is 2. The maximum Gasteiger partial charge on any atom is 0.525 e. The van der Waals surface area contributed by atoms with Crippen LogP contribution in [0.2, 0.25) is 0 Å². The van der Waals surface area contributed by atoms with Gasteiger partial charge in [0.25, 0.3) is 11.8 Å². The molecule has 3 aliphatic rings. The molecule has 0 bridgehead atoms. The fourth-order valence-corrected chi connectivity index (χ4v) is 4.86. The van der Waals surface area contributed by atoms with Gasteiger partial charge in [0.05, 0.1) is 22.5 Å². The predicted molar refractivity (Wildman–Crippen MR) is 114 cm³/mol. The number of halogens is 3. The summed E-state index contributed by atoms with van der Waals surface area (Å²) in [5, 5.41) is 2.11. The zero-order valence-electron chi connectivity index (χ0n) is 17.6. The van der Waals surface area contributed by atoms with Crippen LogP contribution in [-0.2, 0) is 14.4 Å². The van der Waals surface area contributed by atoms with Crippen LogP contribution in [0.25, 0.3) is 10.8 Å². The van der Waals surface area contributed by atoms with E-state index in [9.17, 15) is 31.2 Å². The largest absolute Gasteiger partial charge is 0.525 e. The Hall–Kier alpha value is -3.16. The van der Waals surface area contributed by atoms with E-state index in [1.54, 1.807) is 17.1 Å². The Kier molecular flexibility index (Phi) is 5.30. The van der Waals surface area contributed by atoms with Crippen LogP contribution in [0.1, 0.15) is 59.2 Å². The number of hydrogen-bond acceptors (Lipinski definition) is 8. The van der Waals surface area contributed by atoms with Crippen LogP contribution in [0.4, 0.5) is 18.9 Å². The van der Waals surface area contributed by atoms with Crippen LogP contribution in [0, 0.1) is 0 Å². The van der Waals surface area contributed by atoms with Crippen LogP contribution in [0.3, 0.4) is 0 Å². The van der Waals surface area contributed by atoms with Crippen molar-refractivity contribution in [2.45, 2.75) is 44.0 Å². The SMILES string of the molecule is O=C1c2cccc3cc(N4NNC5=C4CCCCCC5)cc(c23)C(=O)N1OS(=O)(=O)C(F)(F)F. The van der Waals surface area contributed by atoms with E-state index < -0.39 is 27.4 Å². The van der Waals surface area contributed by atoms with E-state index in [2.05, 4.69) is 15.2 Å². The summed E-state index contributed by atoms with van der Waals surface area (Å²) in [7, 11) is -6.24. The summed E-state index contributed by atoms with van der Waals surface area (Å²) in [4.78, 5) is 25.8. The third-order valence-electron chi connectivity index (χ3n) is 6.03. The Morgan fingerprint density at radius 2 is 1.65 bits per heavy atom. The monoisotopic (exact) mass is 496 g/mol. The van der Waals surface area contributed by atoms with E-state index >= 15 is 0 Å². The van der Waals surface area contributed by atoms with Crippen LogP contribution >= 0.6 is 0 Å². The quantitative estimate of drug-likeness (QED) is 0.490. The lowest BCUT2D eigenvalue weighted by atomic mass is 9.94. The van der Waals surface area contributed by atoms with Gasteiger partial charge in [-0.25, -0.2) is 0 Å².